The maximum absolute atomic E-state index is 12.8. The van der Waals surface area contributed by atoms with Crippen molar-refractivity contribution < 1.29 is 24.2 Å². The molecule has 0 radical (unpaired) electrons. The van der Waals surface area contributed by atoms with Gasteiger partial charge in [0.1, 0.15) is 29.5 Å². The van der Waals surface area contributed by atoms with Crippen molar-refractivity contribution in [2.45, 2.75) is 26.6 Å². The van der Waals surface area contributed by atoms with Gasteiger partial charge in [-0.1, -0.05) is 30.3 Å². The van der Waals surface area contributed by atoms with Crippen LogP contribution in [-0.4, -0.2) is 28.1 Å². The fraction of sp³-hybridized carbons (Fsp3) is 0.174. The summed E-state index contributed by atoms with van der Waals surface area (Å²) in [4.78, 5) is 28.1. The van der Waals surface area contributed by atoms with E-state index in [0.29, 0.717) is 18.1 Å². The molecule has 30 heavy (non-hydrogen) atoms. The normalized spacial score (nSPS) is 10.5. The SMILES string of the molecule is CC(C)Oc1cc(OCc2ccccc2)cc(C(=O)Nc2ncccc2C(=O)O)c1. The topological polar surface area (TPSA) is 97.8 Å². The van der Waals surface area contributed by atoms with Crippen LogP contribution in [0.2, 0.25) is 0 Å². The first-order chi connectivity index (χ1) is 14.4. The second kappa shape index (κ2) is 9.56. The van der Waals surface area contributed by atoms with Gasteiger partial charge >= 0.3 is 5.97 Å². The molecule has 0 unspecified atom stereocenters. The zero-order valence-corrected chi connectivity index (χ0v) is 16.7. The van der Waals surface area contributed by atoms with Gasteiger partial charge in [-0.15, -0.1) is 0 Å². The summed E-state index contributed by atoms with van der Waals surface area (Å²) in [7, 11) is 0. The third-order valence-electron chi connectivity index (χ3n) is 4.03. The van der Waals surface area contributed by atoms with Crippen molar-refractivity contribution in [2.24, 2.45) is 0 Å². The monoisotopic (exact) mass is 406 g/mol. The van der Waals surface area contributed by atoms with Crippen molar-refractivity contribution >= 4 is 17.7 Å². The number of carboxylic acids is 1. The van der Waals surface area contributed by atoms with Gasteiger partial charge in [-0.05, 0) is 43.7 Å². The molecule has 7 nitrogen and oxygen atoms in total. The first kappa shape index (κ1) is 20.9. The predicted octanol–water partition coefficient (Wildman–Crippen LogP) is 4.40. The first-order valence-corrected chi connectivity index (χ1v) is 9.40. The number of hydrogen-bond donors (Lipinski definition) is 2. The molecule has 0 fully saturated rings. The minimum Gasteiger partial charge on any atom is -0.491 e. The zero-order valence-electron chi connectivity index (χ0n) is 16.7. The number of ether oxygens (including phenoxy) is 2. The van der Waals surface area contributed by atoms with E-state index in [9.17, 15) is 14.7 Å². The van der Waals surface area contributed by atoms with Crippen molar-refractivity contribution in [2.75, 3.05) is 5.32 Å². The van der Waals surface area contributed by atoms with Gasteiger partial charge in [0.05, 0.1) is 6.10 Å². The number of hydrogen-bond acceptors (Lipinski definition) is 5. The van der Waals surface area contributed by atoms with Crippen LogP contribution in [0.1, 0.15) is 40.1 Å². The average Bonchev–Trinajstić information content (AvgIpc) is 2.72. The molecule has 0 saturated carbocycles. The van der Waals surface area contributed by atoms with Crippen molar-refractivity contribution in [3.8, 4) is 11.5 Å². The standard InChI is InChI=1S/C23H22N2O5/c1-15(2)30-19-12-17(11-18(13-19)29-14-16-7-4-3-5-8-16)22(26)25-21-20(23(27)28)9-6-10-24-21/h3-13,15H,14H2,1-2H3,(H,27,28)(H,24,25,26). The highest BCUT2D eigenvalue weighted by molar-refractivity contribution is 6.07. The summed E-state index contributed by atoms with van der Waals surface area (Å²) >= 11 is 0. The lowest BCUT2D eigenvalue weighted by molar-refractivity contribution is 0.0697. The number of carbonyl (C=O) groups excluding carboxylic acids is 1. The number of nitrogens with zero attached hydrogens (tertiary/aromatic N) is 1. The van der Waals surface area contributed by atoms with Crippen LogP contribution in [0.5, 0.6) is 11.5 Å². The van der Waals surface area contributed by atoms with Crippen LogP contribution in [0.15, 0.2) is 66.9 Å². The first-order valence-electron chi connectivity index (χ1n) is 9.40. The number of carboxylic acid groups (broad SMARTS) is 1. The van der Waals surface area contributed by atoms with Crippen LogP contribution < -0.4 is 14.8 Å². The van der Waals surface area contributed by atoms with Crippen molar-refractivity contribution in [1.29, 1.82) is 0 Å². The van der Waals surface area contributed by atoms with Gasteiger partial charge in [-0.2, -0.15) is 0 Å². The summed E-state index contributed by atoms with van der Waals surface area (Å²) < 4.78 is 11.6. The number of nitrogens with one attached hydrogen (secondary N) is 1. The van der Waals surface area contributed by atoms with Crippen molar-refractivity contribution in [3.05, 3.63) is 83.6 Å². The number of aromatic carboxylic acids is 1. The molecule has 3 aromatic rings. The summed E-state index contributed by atoms with van der Waals surface area (Å²) in [5.41, 5.74) is 1.15. The van der Waals surface area contributed by atoms with Gasteiger partial charge in [-0.25, -0.2) is 9.78 Å². The summed E-state index contributed by atoms with van der Waals surface area (Å²) in [6, 6.07) is 17.4. The Morgan fingerprint density at radius 3 is 2.47 bits per heavy atom. The maximum Gasteiger partial charge on any atom is 0.339 e. The van der Waals surface area contributed by atoms with E-state index in [1.165, 1.54) is 18.3 Å². The molecule has 0 bridgehead atoms. The summed E-state index contributed by atoms with van der Waals surface area (Å²) in [5.74, 6) is -0.795. The lowest BCUT2D eigenvalue weighted by Gasteiger charge is -2.14. The van der Waals surface area contributed by atoms with E-state index in [2.05, 4.69) is 10.3 Å². The number of rotatable bonds is 8. The molecule has 0 saturated heterocycles. The van der Waals surface area contributed by atoms with Crippen molar-refractivity contribution in [1.82, 2.24) is 4.98 Å². The largest absolute Gasteiger partial charge is 0.491 e. The number of aromatic nitrogens is 1. The van der Waals surface area contributed by atoms with E-state index in [1.807, 2.05) is 44.2 Å². The quantitative estimate of drug-likeness (QED) is 0.575. The molecule has 0 spiro atoms. The Bertz CT molecular complexity index is 1030. The molecule has 2 aromatic carbocycles. The molecule has 1 heterocycles. The molecule has 0 atom stereocenters. The van der Waals surface area contributed by atoms with Crippen LogP contribution in [0.25, 0.3) is 0 Å². The van der Waals surface area contributed by atoms with E-state index in [4.69, 9.17) is 9.47 Å². The van der Waals surface area contributed by atoms with Crippen LogP contribution in [0.4, 0.5) is 5.82 Å². The van der Waals surface area contributed by atoms with E-state index in [0.717, 1.165) is 5.56 Å². The molecule has 0 aliphatic carbocycles. The van der Waals surface area contributed by atoms with E-state index in [-0.39, 0.29) is 23.0 Å². The van der Waals surface area contributed by atoms with E-state index < -0.39 is 11.9 Å². The maximum atomic E-state index is 12.8. The highest BCUT2D eigenvalue weighted by Crippen LogP contribution is 2.26. The smallest absolute Gasteiger partial charge is 0.339 e. The highest BCUT2D eigenvalue weighted by Gasteiger charge is 2.16. The third-order valence-corrected chi connectivity index (χ3v) is 4.03. The molecule has 0 aliphatic rings. The summed E-state index contributed by atoms with van der Waals surface area (Å²) in [5, 5.41) is 11.8. The average molecular weight is 406 g/mol. The fourth-order valence-electron chi connectivity index (χ4n) is 2.72. The van der Waals surface area contributed by atoms with Crippen molar-refractivity contribution in [3.63, 3.8) is 0 Å². The Labute approximate surface area is 174 Å². The summed E-state index contributed by atoms with van der Waals surface area (Å²) in [6.07, 6.45) is 1.31. The summed E-state index contributed by atoms with van der Waals surface area (Å²) in [6.45, 7) is 4.09. The van der Waals surface area contributed by atoms with Gasteiger partial charge in [0.25, 0.3) is 5.91 Å². The minimum absolute atomic E-state index is 0.0306. The van der Waals surface area contributed by atoms with Crippen LogP contribution >= 0.6 is 0 Å². The van der Waals surface area contributed by atoms with Gasteiger partial charge in [0, 0.05) is 17.8 Å². The Balaban J connectivity index is 1.85. The number of carbonyl (C=O) groups is 2. The van der Waals surface area contributed by atoms with E-state index in [1.54, 1.807) is 18.2 Å². The third kappa shape index (κ3) is 5.57. The molecule has 1 aromatic heterocycles. The lowest BCUT2D eigenvalue weighted by atomic mass is 10.1. The molecular formula is C23H22N2O5. The van der Waals surface area contributed by atoms with Gasteiger partial charge in [0.15, 0.2) is 0 Å². The Kier molecular flexibility index (Phi) is 6.64. The second-order valence-corrected chi connectivity index (χ2v) is 6.79. The Morgan fingerprint density at radius 2 is 1.77 bits per heavy atom. The number of benzene rings is 2. The van der Waals surface area contributed by atoms with Gasteiger partial charge in [0.2, 0.25) is 0 Å². The molecule has 2 N–H and O–H groups in total. The Morgan fingerprint density at radius 1 is 1.03 bits per heavy atom. The predicted molar refractivity (Wildman–Crippen MR) is 112 cm³/mol. The highest BCUT2D eigenvalue weighted by atomic mass is 16.5. The number of amides is 1. The van der Waals surface area contributed by atoms with E-state index >= 15 is 0 Å². The zero-order chi connectivity index (χ0) is 21.5. The number of pyridine rings is 1. The molecular weight excluding hydrogens is 384 g/mol. The van der Waals surface area contributed by atoms with Gasteiger partial charge < -0.3 is 19.9 Å². The van der Waals surface area contributed by atoms with Crippen LogP contribution in [-0.2, 0) is 6.61 Å². The molecule has 0 aliphatic heterocycles. The molecule has 154 valence electrons. The van der Waals surface area contributed by atoms with Crippen LogP contribution in [0, 0.1) is 0 Å². The Hall–Kier alpha value is -3.87. The second-order valence-electron chi connectivity index (χ2n) is 6.79. The lowest BCUT2D eigenvalue weighted by Crippen LogP contribution is -2.16. The number of anilines is 1. The minimum atomic E-state index is -1.18. The van der Waals surface area contributed by atoms with Gasteiger partial charge in [-0.3, -0.25) is 4.79 Å². The molecule has 7 heteroatoms. The molecule has 3 rings (SSSR count). The van der Waals surface area contributed by atoms with Crippen LogP contribution in [0.3, 0.4) is 0 Å². The molecule has 1 amide bonds. The fourth-order valence-corrected chi connectivity index (χ4v) is 2.72.